The molecule has 0 saturated heterocycles. The summed E-state index contributed by atoms with van der Waals surface area (Å²) in [7, 11) is 1.80. The van der Waals surface area contributed by atoms with E-state index in [0.717, 1.165) is 27.5 Å². The van der Waals surface area contributed by atoms with E-state index in [2.05, 4.69) is 11.4 Å². The van der Waals surface area contributed by atoms with Crippen LogP contribution >= 0.6 is 12.4 Å². The Morgan fingerprint density at radius 2 is 1.61 bits per heavy atom. The number of hydrogen-bond acceptors (Lipinski definition) is 2. The zero-order valence-electron chi connectivity index (χ0n) is 10.3. The number of benzene rings is 2. The summed E-state index contributed by atoms with van der Waals surface area (Å²) in [5, 5.41) is 5.23. The minimum Gasteiger partial charge on any atom is -0.385 e. The van der Waals surface area contributed by atoms with E-state index in [1.807, 2.05) is 37.3 Å². The Hall–Kier alpha value is -1.80. The van der Waals surface area contributed by atoms with Crippen molar-refractivity contribution < 1.29 is 4.79 Å². The van der Waals surface area contributed by atoms with Gasteiger partial charge in [-0.3, -0.25) is 4.79 Å². The summed E-state index contributed by atoms with van der Waals surface area (Å²) in [5.74, 6) is 0.0919. The molecular formula is C15H14ClNO. The van der Waals surface area contributed by atoms with E-state index in [4.69, 9.17) is 0 Å². The minimum atomic E-state index is 0. The molecule has 0 radical (unpaired) electrons. The average Bonchev–Trinajstić information content (AvgIpc) is 2.36. The highest BCUT2D eigenvalue weighted by Crippen LogP contribution is 2.34. The molecule has 0 saturated carbocycles. The molecule has 18 heavy (non-hydrogen) atoms. The molecule has 0 fully saturated rings. The molecule has 2 aromatic carbocycles. The zero-order chi connectivity index (χ0) is 12.0. The number of carbonyl (C=O) groups is 1. The van der Waals surface area contributed by atoms with Gasteiger partial charge in [-0.05, 0) is 23.4 Å². The first-order chi connectivity index (χ1) is 8.24. The molecule has 0 spiro atoms. The molecule has 1 N–H and O–H groups in total. The predicted octanol–water partition coefficient (Wildman–Crippen LogP) is 3.41. The van der Waals surface area contributed by atoms with E-state index >= 15 is 0 Å². The fourth-order valence-corrected chi connectivity index (χ4v) is 2.58. The lowest BCUT2D eigenvalue weighted by atomic mass is 9.86. The molecular weight excluding hydrogens is 246 g/mol. The lowest BCUT2D eigenvalue weighted by molar-refractivity contribution is 0.102. The smallest absolute Gasteiger partial charge is 0.209 e. The van der Waals surface area contributed by atoms with E-state index in [-0.39, 0.29) is 18.2 Å². The van der Waals surface area contributed by atoms with Gasteiger partial charge in [0.05, 0.1) is 5.70 Å². The molecule has 0 atom stereocenters. The van der Waals surface area contributed by atoms with Crippen LogP contribution < -0.4 is 5.32 Å². The van der Waals surface area contributed by atoms with E-state index in [1.165, 1.54) is 0 Å². The van der Waals surface area contributed by atoms with Gasteiger partial charge in [0.1, 0.15) is 0 Å². The maximum absolute atomic E-state index is 12.3. The van der Waals surface area contributed by atoms with Gasteiger partial charge in [0, 0.05) is 18.0 Å². The molecule has 1 aliphatic rings. The lowest BCUT2D eigenvalue weighted by Gasteiger charge is -2.20. The standard InChI is InChI=1S/C15H13NO.ClH/c1-9-11-7-3-5-10-6-4-8-12(13(10)11)15(17)14(9)16-2;/h3-8,16H,1-2H3;1H. The molecule has 0 aliphatic heterocycles. The second kappa shape index (κ2) is 4.46. The monoisotopic (exact) mass is 259 g/mol. The molecule has 2 nitrogen and oxygen atoms in total. The number of nitrogens with one attached hydrogen (secondary N) is 1. The summed E-state index contributed by atoms with van der Waals surface area (Å²) in [6.45, 7) is 1.99. The Kier molecular flexibility index (Phi) is 3.14. The van der Waals surface area contributed by atoms with Crippen molar-refractivity contribution in [2.45, 2.75) is 6.92 Å². The average molecular weight is 260 g/mol. The lowest BCUT2D eigenvalue weighted by Crippen LogP contribution is -2.21. The third-order valence-corrected chi connectivity index (χ3v) is 3.41. The highest BCUT2D eigenvalue weighted by molar-refractivity contribution is 6.24. The van der Waals surface area contributed by atoms with Crippen molar-refractivity contribution in [3.05, 3.63) is 53.2 Å². The highest BCUT2D eigenvalue weighted by Gasteiger charge is 2.24. The van der Waals surface area contributed by atoms with Gasteiger partial charge in [0.2, 0.25) is 5.78 Å². The van der Waals surface area contributed by atoms with Gasteiger partial charge < -0.3 is 5.32 Å². The molecule has 1 aliphatic carbocycles. The topological polar surface area (TPSA) is 29.1 Å². The Labute approximate surface area is 112 Å². The highest BCUT2D eigenvalue weighted by atomic mass is 35.5. The molecule has 0 amide bonds. The molecule has 3 rings (SSSR count). The van der Waals surface area contributed by atoms with Crippen LogP contribution in [0.2, 0.25) is 0 Å². The number of ketones is 1. The third kappa shape index (κ3) is 1.53. The minimum absolute atomic E-state index is 0. The second-order valence-corrected chi connectivity index (χ2v) is 4.29. The number of Topliss-reactive ketones (excluding diaryl/α,β-unsaturated/α-hetero) is 1. The van der Waals surface area contributed by atoms with Crippen molar-refractivity contribution in [1.29, 1.82) is 0 Å². The molecule has 2 aromatic rings. The molecule has 0 heterocycles. The Bertz CT molecular complexity index is 668. The third-order valence-electron chi connectivity index (χ3n) is 3.41. The first-order valence-corrected chi connectivity index (χ1v) is 5.69. The first-order valence-electron chi connectivity index (χ1n) is 5.69. The van der Waals surface area contributed by atoms with Crippen LogP contribution in [0.25, 0.3) is 16.3 Å². The predicted molar refractivity (Wildman–Crippen MR) is 77.2 cm³/mol. The number of hydrogen-bond donors (Lipinski definition) is 1. The fraction of sp³-hybridized carbons (Fsp3) is 0.133. The largest absolute Gasteiger partial charge is 0.385 e. The van der Waals surface area contributed by atoms with E-state index in [0.29, 0.717) is 5.70 Å². The van der Waals surface area contributed by atoms with Gasteiger partial charge in [0.25, 0.3) is 0 Å². The number of likely N-dealkylation sites (N-methyl/N-ethyl adjacent to an activating group) is 1. The molecule has 0 bridgehead atoms. The Balaban J connectivity index is 0.00000120. The number of carbonyl (C=O) groups excluding carboxylic acids is 1. The van der Waals surface area contributed by atoms with Gasteiger partial charge >= 0.3 is 0 Å². The van der Waals surface area contributed by atoms with Gasteiger partial charge in [0.15, 0.2) is 0 Å². The van der Waals surface area contributed by atoms with Crippen LogP contribution in [0.3, 0.4) is 0 Å². The van der Waals surface area contributed by atoms with E-state index in [9.17, 15) is 4.79 Å². The van der Waals surface area contributed by atoms with Gasteiger partial charge in [-0.2, -0.15) is 0 Å². The Morgan fingerprint density at radius 1 is 1.00 bits per heavy atom. The van der Waals surface area contributed by atoms with Crippen molar-refractivity contribution in [2.75, 3.05) is 7.05 Å². The summed E-state index contributed by atoms with van der Waals surface area (Å²) in [6, 6.07) is 12.0. The quantitative estimate of drug-likeness (QED) is 0.850. The van der Waals surface area contributed by atoms with E-state index < -0.39 is 0 Å². The molecule has 0 aromatic heterocycles. The van der Waals surface area contributed by atoms with Crippen LogP contribution in [-0.2, 0) is 0 Å². The zero-order valence-corrected chi connectivity index (χ0v) is 11.1. The van der Waals surface area contributed by atoms with Crippen LogP contribution in [0.5, 0.6) is 0 Å². The first kappa shape index (κ1) is 12.7. The van der Waals surface area contributed by atoms with Crippen molar-refractivity contribution >= 4 is 34.5 Å². The number of rotatable bonds is 1. The fourth-order valence-electron chi connectivity index (χ4n) is 2.58. The van der Waals surface area contributed by atoms with Crippen molar-refractivity contribution in [1.82, 2.24) is 5.32 Å². The van der Waals surface area contributed by atoms with Crippen LogP contribution in [0, 0.1) is 0 Å². The van der Waals surface area contributed by atoms with Crippen LogP contribution in [-0.4, -0.2) is 12.8 Å². The van der Waals surface area contributed by atoms with Crippen molar-refractivity contribution in [2.24, 2.45) is 0 Å². The summed E-state index contributed by atoms with van der Waals surface area (Å²) < 4.78 is 0. The summed E-state index contributed by atoms with van der Waals surface area (Å²) in [4.78, 5) is 12.3. The van der Waals surface area contributed by atoms with Crippen LogP contribution in [0.1, 0.15) is 22.8 Å². The van der Waals surface area contributed by atoms with Gasteiger partial charge in [-0.1, -0.05) is 36.4 Å². The second-order valence-electron chi connectivity index (χ2n) is 4.29. The molecule has 92 valence electrons. The van der Waals surface area contributed by atoms with Crippen molar-refractivity contribution in [3.63, 3.8) is 0 Å². The van der Waals surface area contributed by atoms with Crippen LogP contribution in [0.4, 0.5) is 0 Å². The molecule has 3 heteroatoms. The normalized spacial score (nSPS) is 13.6. The van der Waals surface area contributed by atoms with Crippen molar-refractivity contribution in [3.8, 4) is 0 Å². The molecule has 0 unspecified atom stereocenters. The maximum atomic E-state index is 12.3. The summed E-state index contributed by atoms with van der Waals surface area (Å²) >= 11 is 0. The van der Waals surface area contributed by atoms with Gasteiger partial charge in [-0.25, -0.2) is 0 Å². The number of allylic oxidation sites excluding steroid dienone is 2. The van der Waals surface area contributed by atoms with Gasteiger partial charge in [-0.15, -0.1) is 12.4 Å². The SMILES string of the molecule is CNC1=C(C)c2cccc3cccc(c23)C1=O.Cl. The number of halogens is 1. The van der Waals surface area contributed by atoms with Crippen LogP contribution in [0.15, 0.2) is 42.1 Å². The van der Waals surface area contributed by atoms with E-state index in [1.54, 1.807) is 7.05 Å². The maximum Gasteiger partial charge on any atom is 0.209 e. The summed E-state index contributed by atoms with van der Waals surface area (Å²) in [5.41, 5.74) is 3.69. The summed E-state index contributed by atoms with van der Waals surface area (Å²) in [6.07, 6.45) is 0. The Morgan fingerprint density at radius 3 is 2.22 bits per heavy atom.